The van der Waals surface area contributed by atoms with E-state index in [1.807, 2.05) is 0 Å². The van der Waals surface area contributed by atoms with Gasteiger partial charge in [0.05, 0.1) is 11.1 Å². The van der Waals surface area contributed by atoms with Crippen LogP contribution in [0.25, 0.3) is 11.1 Å². The lowest BCUT2D eigenvalue weighted by Gasteiger charge is -2.32. The summed E-state index contributed by atoms with van der Waals surface area (Å²) in [6.07, 6.45) is 1.02. The first-order chi connectivity index (χ1) is 9.92. The van der Waals surface area contributed by atoms with Crippen LogP contribution in [-0.2, 0) is 16.8 Å². The Morgan fingerprint density at radius 2 is 2.14 bits per heavy atom. The van der Waals surface area contributed by atoms with Crippen LogP contribution in [-0.4, -0.2) is 5.12 Å². The van der Waals surface area contributed by atoms with E-state index in [-0.39, 0.29) is 23.1 Å². The van der Waals surface area contributed by atoms with Gasteiger partial charge in [-0.25, -0.2) is 0 Å². The van der Waals surface area contributed by atoms with Gasteiger partial charge in [0.1, 0.15) is 4.88 Å². The molecule has 2 aromatic rings. The maximum Gasteiger partial charge on any atom is 0.309 e. The van der Waals surface area contributed by atoms with Crippen LogP contribution in [0.5, 0.6) is 0 Å². The summed E-state index contributed by atoms with van der Waals surface area (Å²) in [6, 6.07) is 6.62. The highest BCUT2D eigenvalue weighted by atomic mass is 35.5. The highest BCUT2D eigenvalue weighted by Gasteiger charge is 2.40. The second-order valence-electron chi connectivity index (χ2n) is 5.74. The van der Waals surface area contributed by atoms with E-state index in [4.69, 9.17) is 0 Å². The Kier molecular flexibility index (Phi) is 5.22. The number of rotatable bonds is 2. The zero-order valence-corrected chi connectivity index (χ0v) is 16.2. The zero-order chi connectivity index (χ0) is 15.2. The fourth-order valence-electron chi connectivity index (χ4n) is 2.62. The van der Waals surface area contributed by atoms with E-state index in [0.29, 0.717) is 0 Å². The molecule has 2 nitrogen and oxygen atoms in total. The van der Waals surface area contributed by atoms with Crippen LogP contribution in [0, 0.1) is 0 Å². The molecule has 1 aromatic carbocycles. The van der Waals surface area contributed by atoms with E-state index in [9.17, 15) is 4.79 Å². The molecule has 0 saturated heterocycles. The molecule has 0 saturated carbocycles. The Balaban J connectivity index is 0.00000176. The monoisotopic (exact) mass is 371 g/mol. The van der Waals surface area contributed by atoms with Crippen LogP contribution in [0.2, 0.25) is 0 Å². The molecule has 0 atom stereocenters. The molecule has 0 unspecified atom stereocenters. The van der Waals surface area contributed by atoms with Crippen LogP contribution >= 0.6 is 32.4 Å². The third-order valence-electron chi connectivity index (χ3n) is 3.64. The molecule has 0 bridgehead atoms. The highest BCUT2D eigenvalue weighted by molar-refractivity contribution is 8.16. The number of aryl methyl sites for hydroxylation is 1. The predicted molar refractivity (Wildman–Crippen MR) is 94.6 cm³/mol. The van der Waals surface area contributed by atoms with Crippen molar-refractivity contribution in [1.29, 1.82) is 0 Å². The highest BCUT2D eigenvalue weighted by Crippen LogP contribution is 2.53. The summed E-state index contributed by atoms with van der Waals surface area (Å²) in [5.74, 6) is 0. The average molecular weight is 372 g/mol. The fourth-order valence-corrected chi connectivity index (χ4v) is 7.04. The van der Waals surface area contributed by atoms with Gasteiger partial charge in [0.15, 0.2) is 15.5 Å². The first kappa shape index (κ1) is 17.7. The van der Waals surface area contributed by atoms with Gasteiger partial charge in [0.2, 0.25) is 0 Å². The maximum atomic E-state index is 11.6. The normalized spacial score (nSPS) is 14.4. The summed E-state index contributed by atoms with van der Waals surface area (Å²) >= 11 is 1.36. The second kappa shape index (κ2) is 6.48. The molecule has 0 radical (unpaired) electrons. The van der Waals surface area contributed by atoms with Crippen LogP contribution in [0.15, 0.2) is 22.4 Å². The van der Waals surface area contributed by atoms with Crippen LogP contribution < -0.4 is 17.7 Å². The third kappa shape index (κ3) is 3.04. The molecule has 1 aliphatic heterocycles. The van der Waals surface area contributed by atoms with Gasteiger partial charge in [-0.1, -0.05) is 13.0 Å². The van der Waals surface area contributed by atoms with Crippen molar-refractivity contribution in [2.24, 2.45) is 0 Å². The van der Waals surface area contributed by atoms with E-state index < -0.39 is 0 Å². The molecular formula is C16H18ClNOS3. The molecule has 1 aromatic heterocycles. The average Bonchev–Trinajstić information content (AvgIpc) is 2.82. The maximum absolute atomic E-state index is 11.6. The number of fused-ring (bicyclic) bond motifs is 3. The van der Waals surface area contributed by atoms with E-state index in [1.54, 1.807) is 27.6 Å². The van der Waals surface area contributed by atoms with Gasteiger partial charge in [0.25, 0.3) is 4.21 Å². The van der Waals surface area contributed by atoms with E-state index in [0.717, 1.165) is 10.6 Å². The van der Waals surface area contributed by atoms with E-state index in [2.05, 4.69) is 44.3 Å². The molecule has 0 amide bonds. The van der Waals surface area contributed by atoms with Gasteiger partial charge in [-0.3, -0.25) is 4.79 Å². The number of anilines is 1. The van der Waals surface area contributed by atoms with Gasteiger partial charge < -0.3 is 17.7 Å². The van der Waals surface area contributed by atoms with Crippen molar-refractivity contribution in [1.82, 2.24) is 0 Å². The second-order valence-corrected chi connectivity index (χ2v) is 9.33. The summed E-state index contributed by atoms with van der Waals surface area (Å²) < 4.78 is 1.13. The van der Waals surface area contributed by atoms with Crippen LogP contribution in [0.3, 0.4) is 0 Å². The lowest BCUT2D eigenvalue weighted by molar-refractivity contribution is -0.109. The smallest absolute Gasteiger partial charge is 0.309 e. The number of halogens is 1. The molecule has 1 aliphatic rings. The number of carbonyl (C=O) groups excluding carboxylic acids is 1. The number of thioether (sulfide) groups is 1. The predicted octanol–water partition coefficient (Wildman–Crippen LogP) is 2.62. The van der Waals surface area contributed by atoms with E-state index in [1.165, 1.54) is 39.0 Å². The number of benzene rings is 1. The summed E-state index contributed by atoms with van der Waals surface area (Å²) in [7, 11) is 3.50. The Morgan fingerprint density at radius 1 is 1.41 bits per heavy atom. The molecule has 22 heavy (non-hydrogen) atoms. The Labute approximate surface area is 149 Å². The Bertz CT molecular complexity index is 724. The lowest BCUT2D eigenvalue weighted by atomic mass is 9.89. The van der Waals surface area contributed by atoms with Gasteiger partial charge in [-0.15, -0.1) is 0 Å². The van der Waals surface area contributed by atoms with Crippen LogP contribution in [0.4, 0.5) is 5.69 Å². The molecule has 6 heteroatoms. The molecule has 0 aliphatic carbocycles. The summed E-state index contributed by atoms with van der Waals surface area (Å²) in [5.41, 5.74) is 4.91. The van der Waals surface area contributed by atoms with Gasteiger partial charge in [-0.2, -0.15) is 0 Å². The molecule has 118 valence electrons. The Morgan fingerprint density at radius 3 is 2.77 bits per heavy atom. The van der Waals surface area contributed by atoms with E-state index >= 15 is 0 Å². The molecule has 3 rings (SSSR count). The number of carbonyl (C=O) groups is 1. The largest absolute Gasteiger partial charge is 1.00 e. The SMILES string of the molecule is CCc1ccc2c(c1)-c1c(s[s+]c1SC(C)=O)C(C)(C)N2.[Cl-]. The number of nitrogens with one attached hydrogen (secondary N) is 1. The van der Waals surface area contributed by atoms with Crippen molar-refractivity contribution in [3.8, 4) is 11.1 Å². The minimum Gasteiger partial charge on any atom is -1.00 e. The topological polar surface area (TPSA) is 29.1 Å². The molecule has 0 fully saturated rings. The standard InChI is InChI=1S/C16H18NOS3.ClH/c1-5-10-6-7-12-11(8-10)13-14(16(3,4)17-12)20-21-15(13)19-9(2)18;/h6-8,17H,5H2,1-4H3;1H/q+1;/p-1. The quantitative estimate of drug-likeness (QED) is 0.500. The summed E-state index contributed by atoms with van der Waals surface area (Å²) in [6.45, 7) is 8.21. The number of hydrogen-bond donors (Lipinski definition) is 1. The molecule has 2 heterocycles. The van der Waals surface area contributed by atoms with Crippen molar-refractivity contribution in [3.63, 3.8) is 0 Å². The zero-order valence-electron chi connectivity index (χ0n) is 13.0. The molecule has 1 N–H and O–H groups in total. The first-order valence-corrected chi connectivity index (χ1v) is 9.95. The fraction of sp³-hybridized carbons (Fsp3) is 0.375. The van der Waals surface area contributed by atoms with Crippen molar-refractivity contribution in [2.45, 2.75) is 43.9 Å². The molecule has 0 spiro atoms. The van der Waals surface area contributed by atoms with Gasteiger partial charge in [-0.05, 0) is 38.0 Å². The van der Waals surface area contributed by atoms with Crippen LogP contribution in [0.1, 0.15) is 38.1 Å². The number of hydrogen-bond acceptors (Lipinski definition) is 4. The summed E-state index contributed by atoms with van der Waals surface area (Å²) in [5, 5.41) is 3.78. The Hall–Kier alpha value is -0.620. The minimum absolute atomic E-state index is 0. The van der Waals surface area contributed by atoms with Crippen molar-refractivity contribution in [3.05, 3.63) is 28.6 Å². The van der Waals surface area contributed by atoms with Crippen molar-refractivity contribution >= 4 is 43.2 Å². The third-order valence-corrected chi connectivity index (χ3v) is 7.71. The minimum atomic E-state index is -0.0904. The van der Waals surface area contributed by atoms with Gasteiger partial charge in [0, 0.05) is 29.9 Å². The lowest BCUT2D eigenvalue weighted by Crippen LogP contribution is -3.00. The van der Waals surface area contributed by atoms with Crippen molar-refractivity contribution < 1.29 is 17.2 Å². The van der Waals surface area contributed by atoms with Crippen molar-refractivity contribution in [2.75, 3.05) is 5.32 Å². The summed E-state index contributed by atoms with van der Waals surface area (Å²) in [4.78, 5) is 12.9. The van der Waals surface area contributed by atoms with Gasteiger partial charge >= 0.3 is 10.3 Å². The first-order valence-electron chi connectivity index (χ1n) is 6.99. The molecular weight excluding hydrogens is 354 g/mol.